The van der Waals surface area contributed by atoms with Crippen LogP contribution in [0.15, 0.2) is 30.5 Å². The van der Waals surface area contributed by atoms with Crippen molar-refractivity contribution in [3.63, 3.8) is 0 Å². The number of fused-ring (bicyclic) bond motifs is 1. The number of pyridine rings is 1. The van der Waals surface area contributed by atoms with Crippen LogP contribution in [-0.4, -0.2) is 38.2 Å². The van der Waals surface area contributed by atoms with Crippen LogP contribution < -0.4 is 10.1 Å². The van der Waals surface area contributed by atoms with Crippen LogP contribution in [0.25, 0.3) is 5.65 Å². The quantitative estimate of drug-likeness (QED) is 0.700. The summed E-state index contributed by atoms with van der Waals surface area (Å²) in [6.07, 6.45) is 3.73. The van der Waals surface area contributed by atoms with Gasteiger partial charge in [-0.05, 0) is 25.5 Å². The van der Waals surface area contributed by atoms with Crippen molar-refractivity contribution in [1.82, 2.24) is 24.6 Å². The second-order valence-corrected chi connectivity index (χ2v) is 4.95. The predicted molar refractivity (Wildman–Crippen MR) is 83.1 cm³/mol. The van der Waals surface area contributed by atoms with E-state index in [1.807, 2.05) is 35.7 Å². The molecule has 0 spiro atoms. The van der Waals surface area contributed by atoms with Crippen molar-refractivity contribution in [2.45, 2.75) is 19.8 Å². The zero-order chi connectivity index (χ0) is 15.4. The molecular weight excluding hydrogens is 280 g/mol. The molecule has 0 amide bonds. The topological polar surface area (TPSA) is 77.2 Å². The lowest BCUT2D eigenvalue weighted by atomic mass is 10.3. The van der Waals surface area contributed by atoms with Crippen LogP contribution in [0.3, 0.4) is 0 Å². The number of ether oxygens (including phenoxy) is 1. The average Bonchev–Trinajstić information content (AvgIpc) is 2.94. The second kappa shape index (κ2) is 6.38. The lowest BCUT2D eigenvalue weighted by molar-refractivity contribution is 0.397. The first kappa shape index (κ1) is 14.2. The molecule has 0 bridgehead atoms. The maximum atomic E-state index is 5.14. The molecule has 0 fully saturated rings. The number of rotatable bonds is 6. The van der Waals surface area contributed by atoms with Gasteiger partial charge in [-0.1, -0.05) is 6.07 Å². The fraction of sp³-hybridized carbons (Fsp3) is 0.333. The Morgan fingerprint density at radius 2 is 2.14 bits per heavy atom. The Hall–Kier alpha value is -2.70. The molecule has 0 radical (unpaired) electrons. The third kappa shape index (κ3) is 3.13. The smallest absolute Gasteiger partial charge is 0.226 e. The minimum absolute atomic E-state index is 0.568. The summed E-state index contributed by atoms with van der Waals surface area (Å²) in [5.74, 6) is 2.11. The van der Waals surface area contributed by atoms with Crippen LogP contribution >= 0.6 is 0 Å². The van der Waals surface area contributed by atoms with Gasteiger partial charge in [0.05, 0.1) is 7.11 Å². The van der Waals surface area contributed by atoms with Gasteiger partial charge < -0.3 is 10.1 Å². The summed E-state index contributed by atoms with van der Waals surface area (Å²) in [5, 5.41) is 11.6. The van der Waals surface area contributed by atoms with Crippen LogP contribution in [0.2, 0.25) is 0 Å². The average molecular weight is 298 g/mol. The van der Waals surface area contributed by atoms with Crippen LogP contribution in [0.4, 0.5) is 5.95 Å². The van der Waals surface area contributed by atoms with E-state index in [-0.39, 0.29) is 0 Å². The molecule has 0 aliphatic heterocycles. The molecule has 3 heterocycles. The molecule has 0 aliphatic carbocycles. The molecule has 114 valence electrons. The zero-order valence-electron chi connectivity index (χ0n) is 12.7. The van der Waals surface area contributed by atoms with Gasteiger partial charge >= 0.3 is 0 Å². The molecule has 3 aromatic heterocycles. The summed E-state index contributed by atoms with van der Waals surface area (Å²) in [7, 11) is 1.60. The molecular formula is C15H18N6O. The van der Waals surface area contributed by atoms with Gasteiger partial charge in [0.1, 0.15) is 5.82 Å². The molecule has 3 rings (SSSR count). The van der Waals surface area contributed by atoms with E-state index in [1.54, 1.807) is 13.2 Å². The van der Waals surface area contributed by atoms with E-state index in [1.165, 1.54) is 0 Å². The largest absolute Gasteiger partial charge is 0.481 e. The SMILES string of the molecule is COc1cc(C)nc(NCCCc2nnc3ccccn23)n1. The van der Waals surface area contributed by atoms with Crippen LogP contribution in [-0.2, 0) is 6.42 Å². The van der Waals surface area contributed by atoms with Crippen molar-refractivity contribution in [2.75, 3.05) is 19.0 Å². The minimum atomic E-state index is 0.568. The maximum absolute atomic E-state index is 5.14. The van der Waals surface area contributed by atoms with E-state index in [9.17, 15) is 0 Å². The summed E-state index contributed by atoms with van der Waals surface area (Å²) in [4.78, 5) is 8.59. The number of aromatic nitrogens is 5. The Morgan fingerprint density at radius 3 is 3.00 bits per heavy atom. The number of hydrogen-bond acceptors (Lipinski definition) is 6. The van der Waals surface area contributed by atoms with Crippen molar-refractivity contribution in [3.05, 3.63) is 42.0 Å². The number of hydrogen-bond donors (Lipinski definition) is 1. The Balaban J connectivity index is 1.56. The lowest BCUT2D eigenvalue weighted by Crippen LogP contribution is -2.08. The van der Waals surface area contributed by atoms with Gasteiger partial charge in [0.2, 0.25) is 11.8 Å². The van der Waals surface area contributed by atoms with Gasteiger partial charge in [0, 0.05) is 30.9 Å². The highest BCUT2D eigenvalue weighted by molar-refractivity contribution is 5.37. The summed E-state index contributed by atoms with van der Waals surface area (Å²) in [5.41, 5.74) is 1.75. The standard InChI is InChI=1S/C15H18N6O/c1-11-10-14(22-2)18-15(17-11)16-8-5-7-13-20-19-12-6-3-4-9-21(12)13/h3-4,6,9-10H,5,7-8H2,1-2H3,(H,16,17,18). The first-order chi connectivity index (χ1) is 10.8. The molecule has 7 heteroatoms. The Kier molecular flexibility index (Phi) is 4.13. The van der Waals surface area contributed by atoms with E-state index in [0.29, 0.717) is 11.8 Å². The lowest BCUT2D eigenvalue weighted by Gasteiger charge is -2.07. The van der Waals surface area contributed by atoms with Gasteiger partial charge in [-0.2, -0.15) is 4.98 Å². The van der Waals surface area contributed by atoms with Crippen LogP contribution in [0.1, 0.15) is 17.9 Å². The third-order valence-corrected chi connectivity index (χ3v) is 3.28. The Morgan fingerprint density at radius 1 is 1.23 bits per heavy atom. The van der Waals surface area contributed by atoms with Gasteiger partial charge in [-0.25, -0.2) is 4.98 Å². The molecule has 0 saturated heterocycles. The second-order valence-electron chi connectivity index (χ2n) is 4.95. The van der Waals surface area contributed by atoms with E-state index >= 15 is 0 Å². The highest BCUT2D eigenvalue weighted by Gasteiger charge is 2.05. The number of anilines is 1. The number of methoxy groups -OCH3 is 1. The summed E-state index contributed by atoms with van der Waals surface area (Å²) < 4.78 is 7.14. The zero-order valence-corrected chi connectivity index (χ0v) is 12.7. The number of nitrogens with one attached hydrogen (secondary N) is 1. The van der Waals surface area contributed by atoms with E-state index in [4.69, 9.17) is 4.74 Å². The normalized spacial score (nSPS) is 10.8. The third-order valence-electron chi connectivity index (χ3n) is 3.28. The molecule has 0 atom stereocenters. The van der Waals surface area contributed by atoms with Gasteiger partial charge in [-0.3, -0.25) is 4.40 Å². The fourth-order valence-electron chi connectivity index (χ4n) is 2.23. The predicted octanol–water partition coefficient (Wildman–Crippen LogP) is 1.88. The van der Waals surface area contributed by atoms with Crippen molar-refractivity contribution in [1.29, 1.82) is 0 Å². The van der Waals surface area contributed by atoms with Crippen molar-refractivity contribution in [2.24, 2.45) is 0 Å². The van der Waals surface area contributed by atoms with E-state index < -0.39 is 0 Å². The van der Waals surface area contributed by atoms with Crippen molar-refractivity contribution in [3.8, 4) is 5.88 Å². The molecule has 7 nitrogen and oxygen atoms in total. The number of aryl methyl sites for hydroxylation is 2. The van der Waals surface area contributed by atoms with Crippen molar-refractivity contribution < 1.29 is 4.74 Å². The minimum Gasteiger partial charge on any atom is -0.481 e. The van der Waals surface area contributed by atoms with E-state index in [0.717, 1.165) is 36.6 Å². The van der Waals surface area contributed by atoms with E-state index in [2.05, 4.69) is 25.5 Å². The molecule has 0 saturated carbocycles. The molecule has 0 unspecified atom stereocenters. The molecule has 1 N–H and O–H groups in total. The van der Waals surface area contributed by atoms with Gasteiger partial charge in [0.25, 0.3) is 0 Å². The maximum Gasteiger partial charge on any atom is 0.226 e. The van der Waals surface area contributed by atoms with Crippen molar-refractivity contribution >= 4 is 11.6 Å². The number of nitrogens with zero attached hydrogens (tertiary/aromatic N) is 5. The molecule has 22 heavy (non-hydrogen) atoms. The Bertz CT molecular complexity index is 770. The molecule has 0 aromatic carbocycles. The first-order valence-electron chi connectivity index (χ1n) is 7.18. The van der Waals surface area contributed by atoms with Crippen LogP contribution in [0, 0.1) is 6.92 Å². The summed E-state index contributed by atoms with van der Waals surface area (Å²) in [6, 6.07) is 7.68. The summed E-state index contributed by atoms with van der Waals surface area (Å²) >= 11 is 0. The Labute approximate surface area is 128 Å². The fourth-order valence-corrected chi connectivity index (χ4v) is 2.23. The molecule has 0 aliphatic rings. The highest BCUT2D eigenvalue weighted by atomic mass is 16.5. The first-order valence-corrected chi connectivity index (χ1v) is 7.18. The highest BCUT2D eigenvalue weighted by Crippen LogP contribution is 2.11. The van der Waals surface area contributed by atoms with Crippen LogP contribution in [0.5, 0.6) is 5.88 Å². The molecule has 3 aromatic rings. The van der Waals surface area contributed by atoms with Gasteiger partial charge in [0.15, 0.2) is 5.65 Å². The van der Waals surface area contributed by atoms with Gasteiger partial charge in [-0.15, -0.1) is 10.2 Å². The summed E-state index contributed by atoms with van der Waals surface area (Å²) in [6.45, 7) is 2.67. The monoisotopic (exact) mass is 298 g/mol.